The topological polar surface area (TPSA) is 73.0 Å². The average molecular weight is 463 g/mol. The summed E-state index contributed by atoms with van der Waals surface area (Å²) >= 11 is 12.3. The summed E-state index contributed by atoms with van der Waals surface area (Å²) in [6.07, 6.45) is 0. The number of hydrogen-bond acceptors (Lipinski definition) is 4. The lowest BCUT2D eigenvalue weighted by Crippen LogP contribution is -2.10. The highest BCUT2D eigenvalue weighted by molar-refractivity contribution is 6.31. The van der Waals surface area contributed by atoms with Gasteiger partial charge in [-0.1, -0.05) is 41.4 Å². The lowest BCUT2D eigenvalue weighted by Gasteiger charge is -2.03. The fourth-order valence-electron chi connectivity index (χ4n) is 3.26. The Balaban J connectivity index is 1.37. The van der Waals surface area contributed by atoms with Gasteiger partial charge in [0.25, 0.3) is 5.91 Å². The van der Waals surface area contributed by atoms with Crippen LogP contribution in [0, 0.1) is 6.92 Å². The Morgan fingerprint density at radius 1 is 0.938 bits per heavy atom. The normalized spacial score (nSPS) is 11.1. The van der Waals surface area contributed by atoms with Gasteiger partial charge < -0.3 is 9.73 Å². The van der Waals surface area contributed by atoms with Crippen molar-refractivity contribution in [2.24, 2.45) is 0 Å². The standard InChI is InChI=1S/C24H16Cl2N4O2/c1-14-5-7-18(13-19(14)26)30-28-20-8-6-17(12-21(20)29-30)27-24(31)23-10-9-22(32-23)15-3-2-4-16(25)11-15/h2-13H,1H3,(H,27,31). The van der Waals surface area contributed by atoms with Crippen LogP contribution in [0.2, 0.25) is 10.0 Å². The molecule has 0 saturated carbocycles. The van der Waals surface area contributed by atoms with Gasteiger partial charge >= 0.3 is 0 Å². The summed E-state index contributed by atoms with van der Waals surface area (Å²) in [4.78, 5) is 14.2. The Labute approximate surface area is 193 Å². The molecule has 0 bridgehead atoms. The number of hydrogen-bond donors (Lipinski definition) is 1. The molecule has 0 radical (unpaired) electrons. The summed E-state index contributed by atoms with van der Waals surface area (Å²) in [7, 11) is 0. The molecule has 1 N–H and O–H groups in total. The quantitative estimate of drug-likeness (QED) is 0.328. The van der Waals surface area contributed by atoms with Gasteiger partial charge in [0, 0.05) is 21.3 Å². The van der Waals surface area contributed by atoms with E-state index in [4.69, 9.17) is 27.6 Å². The molecule has 32 heavy (non-hydrogen) atoms. The van der Waals surface area contributed by atoms with Crippen LogP contribution in [0.4, 0.5) is 5.69 Å². The summed E-state index contributed by atoms with van der Waals surface area (Å²) in [6.45, 7) is 1.94. The van der Waals surface area contributed by atoms with Crippen LogP contribution >= 0.6 is 23.2 Å². The monoisotopic (exact) mass is 462 g/mol. The van der Waals surface area contributed by atoms with Gasteiger partial charge in [0.2, 0.25) is 0 Å². The number of carbonyl (C=O) groups is 1. The van der Waals surface area contributed by atoms with Crippen LogP contribution in [0.3, 0.4) is 0 Å². The minimum absolute atomic E-state index is 0.193. The highest BCUT2D eigenvalue weighted by Crippen LogP contribution is 2.26. The molecule has 0 spiro atoms. The average Bonchev–Trinajstić information content (AvgIpc) is 3.43. The lowest BCUT2D eigenvalue weighted by molar-refractivity contribution is 0.0997. The SMILES string of the molecule is Cc1ccc(-n2nc3ccc(NC(=O)c4ccc(-c5cccc(Cl)c5)o4)cc3n2)cc1Cl. The van der Waals surface area contributed by atoms with E-state index in [1.807, 2.05) is 37.3 Å². The zero-order valence-electron chi connectivity index (χ0n) is 16.8. The first-order valence-corrected chi connectivity index (χ1v) is 10.5. The number of nitrogens with zero attached hydrogens (tertiary/aromatic N) is 3. The molecule has 5 rings (SSSR count). The van der Waals surface area contributed by atoms with Crippen molar-refractivity contribution >= 4 is 45.8 Å². The number of aryl methyl sites for hydroxylation is 1. The zero-order chi connectivity index (χ0) is 22.2. The minimum atomic E-state index is -0.365. The molecule has 6 nitrogen and oxygen atoms in total. The van der Waals surface area contributed by atoms with Gasteiger partial charge in [-0.15, -0.1) is 10.2 Å². The Morgan fingerprint density at radius 3 is 2.59 bits per heavy atom. The third-order valence-corrected chi connectivity index (χ3v) is 5.61. The van der Waals surface area contributed by atoms with Crippen molar-refractivity contribution in [3.05, 3.63) is 94.2 Å². The number of amides is 1. The van der Waals surface area contributed by atoms with Crippen molar-refractivity contribution in [1.82, 2.24) is 15.0 Å². The molecule has 0 saturated heterocycles. The molecule has 1 amide bonds. The molecule has 0 unspecified atom stereocenters. The van der Waals surface area contributed by atoms with Crippen molar-refractivity contribution in [1.29, 1.82) is 0 Å². The van der Waals surface area contributed by atoms with E-state index in [9.17, 15) is 4.79 Å². The predicted octanol–water partition coefficient (Wildman–Crippen LogP) is 6.55. The molecule has 158 valence electrons. The summed E-state index contributed by atoms with van der Waals surface area (Å²) in [6, 6.07) is 21.6. The fourth-order valence-corrected chi connectivity index (χ4v) is 3.63. The third kappa shape index (κ3) is 3.98. The Bertz CT molecular complexity index is 1470. The van der Waals surface area contributed by atoms with Crippen LogP contribution in [0.1, 0.15) is 16.1 Å². The van der Waals surface area contributed by atoms with Crippen LogP contribution in [-0.4, -0.2) is 20.9 Å². The maximum atomic E-state index is 12.7. The number of carbonyl (C=O) groups excluding carboxylic acids is 1. The first-order valence-electron chi connectivity index (χ1n) is 9.77. The van der Waals surface area contributed by atoms with E-state index in [-0.39, 0.29) is 11.7 Å². The van der Waals surface area contributed by atoms with Crippen LogP contribution in [0.15, 0.2) is 77.2 Å². The second-order valence-electron chi connectivity index (χ2n) is 7.25. The maximum absolute atomic E-state index is 12.7. The predicted molar refractivity (Wildman–Crippen MR) is 126 cm³/mol. The number of furan rings is 1. The van der Waals surface area contributed by atoms with Crippen LogP contribution < -0.4 is 5.32 Å². The van der Waals surface area contributed by atoms with Crippen LogP contribution in [0.5, 0.6) is 0 Å². The smallest absolute Gasteiger partial charge is 0.291 e. The summed E-state index contributed by atoms with van der Waals surface area (Å²) in [5.41, 5.74) is 4.45. The van der Waals surface area contributed by atoms with Crippen molar-refractivity contribution in [3.63, 3.8) is 0 Å². The van der Waals surface area contributed by atoms with E-state index < -0.39 is 0 Å². The van der Waals surface area contributed by atoms with Crippen molar-refractivity contribution in [2.45, 2.75) is 6.92 Å². The molecule has 0 aliphatic rings. The van der Waals surface area contributed by atoms with Crippen molar-refractivity contribution in [3.8, 4) is 17.0 Å². The van der Waals surface area contributed by atoms with Crippen LogP contribution in [0.25, 0.3) is 28.0 Å². The minimum Gasteiger partial charge on any atom is -0.451 e. The molecule has 0 aliphatic heterocycles. The Morgan fingerprint density at radius 2 is 1.78 bits per heavy atom. The highest BCUT2D eigenvalue weighted by Gasteiger charge is 2.14. The van der Waals surface area contributed by atoms with Crippen LogP contribution in [-0.2, 0) is 0 Å². The molecule has 0 fully saturated rings. The molecular weight excluding hydrogens is 447 g/mol. The van der Waals surface area contributed by atoms with E-state index in [0.717, 1.165) is 16.8 Å². The van der Waals surface area contributed by atoms with Gasteiger partial charge in [0.1, 0.15) is 16.8 Å². The second kappa shape index (κ2) is 8.15. The van der Waals surface area contributed by atoms with E-state index in [0.29, 0.717) is 32.5 Å². The van der Waals surface area contributed by atoms with E-state index in [1.54, 1.807) is 42.5 Å². The molecule has 2 aromatic heterocycles. The van der Waals surface area contributed by atoms with Crippen molar-refractivity contribution < 1.29 is 9.21 Å². The van der Waals surface area contributed by atoms with E-state index >= 15 is 0 Å². The zero-order valence-corrected chi connectivity index (χ0v) is 18.4. The van der Waals surface area contributed by atoms with E-state index in [1.165, 1.54) is 4.80 Å². The number of aromatic nitrogens is 3. The fraction of sp³-hybridized carbons (Fsp3) is 0.0417. The summed E-state index contributed by atoms with van der Waals surface area (Å²) in [5.74, 6) is 0.390. The molecule has 8 heteroatoms. The summed E-state index contributed by atoms with van der Waals surface area (Å²) in [5, 5.41) is 13.1. The number of anilines is 1. The molecule has 0 aliphatic carbocycles. The summed E-state index contributed by atoms with van der Waals surface area (Å²) < 4.78 is 5.71. The molecule has 5 aromatic rings. The van der Waals surface area contributed by atoms with Gasteiger partial charge in [-0.25, -0.2) is 0 Å². The molecule has 0 atom stereocenters. The largest absolute Gasteiger partial charge is 0.451 e. The molecule has 3 aromatic carbocycles. The number of fused-ring (bicyclic) bond motifs is 1. The molecular formula is C24H16Cl2N4O2. The Kier molecular flexibility index (Phi) is 5.17. The second-order valence-corrected chi connectivity index (χ2v) is 8.10. The number of nitrogens with one attached hydrogen (secondary N) is 1. The van der Waals surface area contributed by atoms with Crippen molar-refractivity contribution in [2.75, 3.05) is 5.32 Å². The van der Waals surface area contributed by atoms with E-state index in [2.05, 4.69) is 15.5 Å². The number of halogens is 2. The highest BCUT2D eigenvalue weighted by atomic mass is 35.5. The first kappa shape index (κ1) is 20.3. The Hall–Kier alpha value is -3.61. The van der Waals surface area contributed by atoms with Gasteiger partial charge in [0.15, 0.2) is 5.76 Å². The maximum Gasteiger partial charge on any atom is 0.291 e. The first-order chi connectivity index (χ1) is 15.5. The number of benzene rings is 3. The molecule has 2 heterocycles. The van der Waals surface area contributed by atoms with Gasteiger partial charge in [-0.2, -0.15) is 4.80 Å². The number of rotatable bonds is 4. The van der Waals surface area contributed by atoms with Gasteiger partial charge in [-0.3, -0.25) is 4.79 Å². The third-order valence-electron chi connectivity index (χ3n) is 4.96. The van der Waals surface area contributed by atoms with Gasteiger partial charge in [-0.05, 0) is 67.1 Å². The van der Waals surface area contributed by atoms with Gasteiger partial charge in [0.05, 0.1) is 5.69 Å². The lowest BCUT2D eigenvalue weighted by atomic mass is 10.2.